The van der Waals surface area contributed by atoms with Gasteiger partial charge in [0.15, 0.2) is 5.78 Å². The minimum Gasteiger partial charge on any atom is -0.289 e. The van der Waals surface area contributed by atoms with Gasteiger partial charge in [0, 0.05) is 15.6 Å². The lowest BCUT2D eigenvalue weighted by Crippen LogP contribution is -2.05. The molecule has 0 spiro atoms. The monoisotopic (exact) mass is 330 g/mol. The molecular formula is C18H19BrO. The molecule has 0 aliphatic carbocycles. The zero-order chi connectivity index (χ0) is 14.7. The second-order valence-electron chi connectivity index (χ2n) is 4.98. The van der Waals surface area contributed by atoms with Gasteiger partial charge in [-0.1, -0.05) is 48.0 Å². The van der Waals surface area contributed by atoms with Crippen molar-refractivity contribution in [3.63, 3.8) is 0 Å². The van der Waals surface area contributed by atoms with E-state index in [-0.39, 0.29) is 5.78 Å². The van der Waals surface area contributed by atoms with E-state index in [1.54, 1.807) is 0 Å². The molecule has 0 aliphatic rings. The van der Waals surface area contributed by atoms with Gasteiger partial charge in [-0.05, 0) is 54.7 Å². The summed E-state index contributed by atoms with van der Waals surface area (Å²) in [6.07, 6.45) is 1.97. The van der Waals surface area contributed by atoms with Crippen molar-refractivity contribution in [1.82, 2.24) is 0 Å². The molecule has 0 atom stereocenters. The van der Waals surface area contributed by atoms with Crippen molar-refractivity contribution in [3.8, 4) is 0 Å². The first-order valence-corrected chi connectivity index (χ1v) is 7.78. The maximum atomic E-state index is 12.7. The number of ketones is 1. The summed E-state index contributed by atoms with van der Waals surface area (Å²) in [5.74, 6) is 0.0983. The summed E-state index contributed by atoms with van der Waals surface area (Å²) < 4.78 is 0.937. The summed E-state index contributed by atoms with van der Waals surface area (Å²) in [4.78, 5) is 12.7. The molecule has 0 amide bonds. The van der Waals surface area contributed by atoms with Crippen LogP contribution in [-0.2, 0) is 12.8 Å². The van der Waals surface area contributed by atoms with Gasteiger partial charge in [-0.25, -0.2) is 0 Å². The lowest BCUT2D eigenvalue weighted by atomic mass is 9.94. The van der Waals surface area contributed by atoms with Crippen LogP contribution in [0.2, 0.25) is 0 Å². The Bertz CT molecular complexity index is 644. The van der Waals surface area contributed by atoms with Crippen molar-refractivity contribution in [1.29, 1.82) is 0 Å². The number of hydrogen-bond acceptors (Lipinski definition) is 1. The smallest absolute Gasteiger partial charge is 0.193 e. The number of halogens is 1. The number of carbonyl (C=O) groups excluding carboxylic acids is 1. The molecular weight excluding hydrogens is 312 g/mol. The van der Waals surface area contributed by atoms with Gasteiger partial charge in [0.1, 0.15) is 0 Å². The second-order valence-corrected chi connectivity index (χ2v) is 5.89. The highest BCUT2D eigenvalue weighted by Crippen LogP contribution is 2.21. The Balaban J connectivity index is 2.45. The van der Waals surface area contributed by atoms with Crippen LogP contribution in [0.5, 0.6) is 0 Å². The largest absolute Gasteiger partial charge is 0.289 e. The van der Waals surface area contributed by atoms with Crippen LogP contribution in [0, 0.1) is 6.92 Å². The van der Waals surface area contributed by atoms with Crippen molar-refractivity contribution in [2.24, 2.45) is 0 Å². The zero-order valence-corrected chi connectivity index (χ0v) is 13.8. The first kappa shape index (κ1) is 15.0. The average Bonchev–Trinajstić information content (AvgIpc) is 2.48. The molecule has 104 valence electrons. The minimum atomic E-state index is 0.0983. The predicted molar refractivity (Wildman–Crippen MR) is 87.5 cm³/mol. The lowest BCUT2D eigenvalue weighted by Gasteiger charge is -2.10. The molecule has 0 aliphatic heterocycles. The first-order valence-electron chi connectivity index (χ1n) is 6.99. The van der Waals surface area contributed by atoms with E-state index in [0.717, 1.165) is 34.0 Å². The molecule has 1 nitrogen and oxygen atoms in total. The maximum absolute atomic E-state index is 12.7. The van der Waals surface area contributed by atoms with Gasteiger partial charge < -0.3 is 0 Å². The number of hydrogen-bond donors (Lipinski definition) is 0. The SMILES string of the molecule is CCc1ccc(C(=O)c2cc(Br)ccc2C)cc1CC. The Labute approximate surface area is 129 Å². The second kappa shape index (κ2) is 6.36. The fraction of sp³-hybridized carbons (Fsp3) is 0.278. The molecule has 2 rings (SSSR count). The molecule has 0 aromatic heterocycles. The Hall–Kier alpha value is -1.41. The molecule has 0 bridgehead atoms. The molecule has 0 fully saturated rings. The van der Waals surface area contributed by atoms with E-state index in [1.165, 1.54) is 11.1 Å². The average molecular weight is 331 g/mol. The zero-order valence-electron chi connectivity index (χ0n) is 12.2. The summed E-state index contributed by atoms with van der Waals surface area (Å²) in [7, 11) is 0. The van der Waals surface area contributed by atoms with Gasteiger partial charge >= 0.3 is 0 Å². The standard InChI is InChI=1S/C18H19BrO/c1-4-13-7-8-15(10-14(13)5-2)18(20)17-11-16(19)9-6-12(17)3/h6-11H,4-5H2,1-3H3. The van der Waals surface area contributed by atoms with E-state index < -0.39 is 0 Å². The lowest BCUT2D eigenvalue weighted by molar-refractivity contribution is 0.103. The Morgan fingerprint density at radius 1 is 1.00 bits per heavy atom. The molecule has 2 aromatic rings. The van der Waals surface area contributed by atoms with Gasteiger partial charge in [0.25, 0.3) is 0 Å². The maximum Gasteiger partial charge on any atom is 0.193 e. The summed E-state index contributed by atoms with van der Waals surface area (Å²) in [6.45, 7) is 6.25. The fourth-order valence-electron chi connectivity index (χ4n) is 2.44. The van der Waals surface area contributed by atoms with Crippen molar-refractivity contribution in [2.75, 3.05) is 0 Å². The summed E-state index contributed by atoms with van der Waals surface area (Å²) in [5, 5.41) is 0. The molecule has 2 heteroatoms. The number of rotatable bonds is 4. The van der Waals surface area contributed by atoms with E-state index in [2.05, 4.69) is 35.8 Å². The molecule has 0 N–H and O–H groups in total. The van der Waals surface area contributed by atoms with Crippen LogP contribution in [0.25, 0.3) is 0 Å². The van der Waals surface area contributed by atoms with Crippen molar-refractivity contribution in [3.05, 3.63) is 68.7 Å². The summed E-state index contributed by atoms with van der Waals surface area (Å²) in [5.41, 5.74) is 5.16. The minimum absolute atomic E-state index is 0.0983. The van der Waals surface area contributed by atoms with Crippen LogP contribution in [0.3, 0.4) is 0 Å². The summed E-state index contributed by atoms with van der Waals surface area (Å²) >= 11 is 3.44. The number of benzene rings is 2. The number of aryl methyl sites for hydroxylation is 3. The normalized spacial score (nSPS) is 10.6. The van der Waals surface area contributed by atoms with Crippen LogP contribution in [-0.4, -0.2) is 5.78 Å². The Kier molecular flexibility index (Phi) is 4.77. The fourth-order valence-corrected chi connectivity index (χ4v) is 2.80. The van der Waals surface area contributed by atoms with Gasteiger partial charge in [0.2, 0.25) is 0 Å². The van der Waals surface area contributed by atoms with Crippen LogP contribution in [0.4, 0.5) is 0 Å². The van der Waals surface area contributed by atoms with Gasteiger partial charge in [-0.15, -0.1) is 0 Å². The Morgan fingerprint density at radius 2 is 1.70 bits per heavy atom. The van der Waals surface area contributed by atoms with Crippen LogP contribution < -0.4 is 0 Å². The molecule has 0 unspecified atom stereocenters. The molecule has 0 saturated carbocycles. The molecule has 20 heavy (non-hydrogen) atoms. The van der Waals surface area contributed by atoms with E-state index in [1.807, 2.05) is 37.3 Å². The highest BCUT2D eigenvalue weighted by Gasteiger charge is 2.13. The van der Waals surface area contributed by atoms with Crippen molar-refractivity contribution < 1.29 is 4.79 Å². The van der Waals surface area contributed by atoms with Gasteiger partial charge in [-0.2, -0.15) is 0 Å². The van der Waals surface area contributed by atoms with Crippen LogP contribution in [0.1, 0.15) is 46.5 Å². The van der Waals surface area contributed by atoms with E-state index >= 15 is 0 Å². The quantitative estimate of drug-likeness (QED) is 0.711. The van der Waals surface area contributed by atoms with Gasteiger partial charge in [0.05, 0.1) is 0 Å². The van der Waals surface area contributed by atoms with E-state index in [4.69, 9.17) is 0 Å². The number of carbonyl (C=O) groups is 1. The van der Waals surface area contributed by atoms with Crippen LogP contribution in [0.15, 0.2) is 40.9 Å². The van der Waals surface area contributed by atoms with Crippen molar-refractivity contribution >= 4 is 21.7 Å². The molecule has 2 aromatic carbocycles. The Morgan fingerprint density at radius 3 is 2.35 bits per heavy atom. The van der Waals surface area contributed by atoms with Crippen molar-refractivity contribution in [2.45, 2.75) is 33.6 Å². The van der Waals surface area contributed by atoms with E-state index in [9.17, 15) is 4.79 Å². The van der Waals surface area contributed by atoms with Gasteiger partial charge in [-0.3, -0.25) is 4.79 Å². The van der Waals surface area contributed by atoms with Crippen LogP contribution >= 0.6 is 15.9 Å². The third kappa shape index (κ3) is 3.01. The molecule has 0 heterocycles. The highest BCUT2D eigenvalue weighted by molar-refractivity contribution is 9.10. The predicted octanol–water partition coefficient (Wildman–Crippen LogP) is 5.11. The topological polar surface area (TPSA) is 17.1 Å². The first-order chi connectivity index (χ1) is 9.56. The molecule has 0 radical (unpaired) electrons. The third-order valence-electron chi connectivity index (χ3n) is 3.67. The highest BCUT2D eigenvalue weighted by atomic mass is 79.9. The molecule has 0 saturated heterocycles. The third-order valence-corrected chi connectivity index (χ3v) is 4.17. The summed E-state index contributed by atoms with van der Waals surface area (Å²) in [6, 6.07) is 11.9. The van der Waals surface area contributed by atoms with E-state index in [0.29, 0.717) is 0 Å².